The Bertz CT molecular complexity index is 965. The molecule has 2 aliphatic heterocycles. The van der Waals surface area contributed by atoms with Gasteiger partial charge >= 0.3 is 0 Å². The van der Waals surface area contributed by atoms with E-state index in [4.69, 9.17) is 0 Å². The number of carbonyl (C=O) groups is 2. The Kier molecular flexibility index (Phi) is 4.01. The average Bonchev–Trinajstić information content (AvgIpc) is 2.93. The molecule has 2 amide bonds. The second kappa shape index (κ2) is 6.23. The van der Waals surface area contributed by atoms with Gasteiger partial charge in [-0.3, -0.25) is 14.4 Å². The van der Waals surface area contributed by atoms with Crippen molar-refractivity contribution in [2.24, 2.45) is 0 Å². The lowest BCUT2D eigenvalue weighted by Gasteiger charge is -2.27. The Labute approximate surface area is 151 Å². The molecule has 2 saturated heterocycles. The number of rotatable bonds is 2. The number of carbonyl (C=O) groups excluding carboxylic acids is 2. The van der Waals surface area contributed by atoms with Gasteiger partial charge in [0.2, 0.25) is 11.3 Å². The molecule has 136 valence electrons. The summed E-state index contributed by atoms with van der Waals surface area (Å²) in [5, 5.41) is 3.32. The molecule has 0 aliphatic carbocycles. The summed E-state index contributed by atoms with van der Waals surface area (Å²) >= 11 is 0. The van der Waals surface area contributed by atoms with Gasteiger partial charge in [-0.1, -0.05) is 0 Å². The van der Waals surface area contributed by atoms with Crippen LogP contribution in [-0.4, -0.2) is 44.9 Å². The molecule has 26 heavy (non-hydrogen) atoms. The van der Waals surface area contributed by atoms with E-state index in [2.05, 4.69) is 10.3 Å². The first-order chi connectivity index (χ1) is 12.5. The van der Waals surface area contributed by atoms with Gasteiger partial charge in [0.05, 0.1) is 5.39 Å². The lowest BCUT2D eigenvalue weighted by molar-refractivity contribution is -0.121. The first-order valence-corrected chi connectivity index (χ1v) is 9.09. The van der Waals surface area contributed by atoms with Crippen molar-refractivity contribution in [3.63, 3.8) is 0 Å². The third kappa shape index (κ3) is 2.58. The highest BCUT2D eigenvalue weighted by Gasteiger charge is 2.41. The SMILES string of the molecule is CCn1cc(C(=O)N2[C@@H]3CC[C@H]2CNC(=O)C3)c(=O)c2ccc(C)nc21. The van der Waals surface area contributed by atoms with Gasteiger partial charge < -0.3 is 14.8 Å². The third-order valence-corrected chi connectivity index (χ3v) is 5.44. The largest absolute Gasteiger partial charge is 0.354 e. The van der Waals surface area contributed by atoms with Crippen molar-refractivity contribution in [3.05, 3.63) is 39.8 Å². The second-order valence-electron chi connectivity index (χ2n) is 7.09. The highest BCUT2D eigenvalue weighted by Crippen LogP contribution is 2.29. The number of nitrogens with zero attached hydrogens (tertiary/aromatic N) is 3. The molecule has 4 heterocycles. The summed E-state index contributed by atoms with van der Waals surface area (Å²) in [6.45, 7) is 4.90. The molecule has 0 saturated carbocycles. The molecule has 7 heteroatoms. The van der Waals surface area contributed by atoms with Crippen LogP contribution in [0.1, 0.15) is 42.2 Å². The van der Waals surface area contributed by atoms with E-state index in [0.717, 1.165) is 18.5 Å². The molecule has 2 aliphatic rings. The van der Waals surface area contributed by atoms with E-state index in [1.807, 2.05) is 18.4 Å². The van der Waals surface area contributed by atoms with Gasteiger partial charge in [0, 0.05) is 43.5 Å². The van der Waals surface area contributed by atoms with Crippen molar-refractivity contribution in [1.29, 1.82) is 0 Å². The molecule has 2 aromatic heterocycles. The maximum atomic E-state index is 13.3. The van der Waals surface area contributed by atoms with E-state index in [0.29, 0.717) is 30.5 Å². The number of aryl methyl sites for hydroxylation is 2. The van der Waals surface area contributed by atoms with Gasteiger partial charge in [-0.25, -0.2) is 4.98 Å². The summed E-state index contributed by atoms with van der Waals surface area (Å²) in [5.41, 5.74) is 1.31. The second-order valence-corrected chi connectivity index (χ2v) is 7.09. The van der Waals surface area contributed by atoms with Crippen molar-refractivity contribution in [3.8, 4) is 0 Å². The number of nitrogens with one attached hydrogen (secondary N) is 1. The summed E-state index contributed by atoms with van der Waals surface area (Å²) in [4.78, 5) is 44.3. The predicted molar refractivity (Wildman–Crippen MR) is 97.0 cm³/mol. The predicted octanol–water partition coefficient (Wildman–Crippen LogP) is 1.22. The number of amides is 2. The van der Waals surface area contributed by atoms with E-state index < -0.39 is 0 Å². The first-order valence-electron chi connectivity index (χ1n) is 9.09. The van der Waals surface area contributed by atoms with Crippen LogP contribution in [0.25, 0.3) is 11.0 Å². The monoisotopic (exact) mass is 354 g/mol. The zero-order chi connectivity index (χ0) is 18.4. The minimum Gasteiger partial charge on any atom is -0.354 e. The minimum absolute atomic E-state index is 0.0286. The summed E-state index contributed by atoms with van der Waals surface area (Å²) in [6.07, 6.45) is 3.59. The van der Waals surface area contributed by atoms with Gasteiger partial charge in [0.1, 0.15) is 11.2 Å². The minimum atomic E-state index is -0.287. The molecule has 0 aromatic carbocycles. The van der Waals surface area contributed by atoms with E-state index in [1.165, 1.54) is 0 Å². The van der Waals surface area contributed by atoms with Crippen molar-refractivity contribution >= 4 is 22.8 Å². The average molecular weight is 354 g/mol. The summed E-state index contributed by atoms with van der Waals surface area (Å²) < 4.78 is 1.85. The van der Waals surface area contributed by atoms with Crippen LogP contribution in [-0.2, 0) is 11.3 Å². The molecular weight excluding hydrogens is 332 g/mol. The Balaban J connectivity index is 1.83. The molecule has 2 bridgehead atoms. The lowest BCUT2D eigenvalue weighted by Crippen LogP contribution is -2.44. The van der Waals surface area contributed by atoms with Crippen LogP contribution in [0.3, 0.4) is 0 Å². The summed E-state index contributed by atoms with van der Waals surface area (Å²) in [5.74, 6) is -0.303. The fraction of sp³-hybridized carbons (Fsp3) is 0.474. The van der Waals surface area contributed by atoms with Gasteiger partial charge in [0.15, 0.2) is 0 Å². The highest BCUT2D eigenvalue weighted by atomic mass is 16.2. The van der Waals surface area contributed by atoms with Crippen LogP contribution < -0.4 is 10.7 Å². The molecule has 2 atom stereocenters. The maximum Gasteiger partial charge on any atom is 0.259 e. The van der Waals surface area contributed by atoms with E-state index >= 15 is 0 Å². The molecule has 2 aromatic rings. The lowest BCUT2D eigenvalue weighted by atomic mass is 10.1. The van der Waals surface area contributed by atoms with Crippen LogP contribution in [0.15, 0.2) is 23.1 Å². The van der Waals surface area contributed by atoms with Crippen LogP contribution in [0, 0.1) is 6.92 Å². The van der Waals surface area contributed by atoms with Crippen LogP contribution in [0.4, 0.5) is 0 Å². The Hall–Kier alpha value is -2.70. The van der Waals surface area contributed by atoms with Gasteiger partial charge in [-0.2, -0.15) is 0 Å². The normalized spacial score (nSPS) is 22.4. The Morgan fingerprint density at radius 3 is 2.81 bits per heavy atom. The number of hydrogen-bond donors (Lipinski definition) is 1. The molecule has 0 unspecified atom stereocenters. The zero-order valence-electron chi connectivity index (χ0n) is 15.0. The van der Waals surface area contributed by atoms with Gasteiger partial charge in [0.25, 0.3) is 5.91 Å². The van der Waals surface area contributed by atoms with E-state index in [9.17, 15) is 14.4 Å². The molecule has 7 nitrogen and oxygen atoms in total. The third-order valence-electron chi connectivity index (χ3n) is 5.44. The number of aromatic nitrogens is 2. The van der Waals surface area contributed by atoms with Gasteiger partial charge in [-0.05, 0) is 38.8 Å². The summed E-state index contributed by atoms with van der Waals surface area (Å²) in [7, 11) is 0. The van der Waals surface area contributed by atoms with E-state index in [1.54, 1.807) is 23.2 Å². The van der Waals surface area contributed by atoms with Crippen LogP contribution >= 0.6 is 0 Å². The van der Waals surface area contributed by atoms with E-state index in [-0.39, 0.29) is 34.9 Å². The first kappa shape index (κ1) is 16.8. The maximum absolute atomic E-state index is 13.3. The molecule has 0 spiro atoms. The molecular formula is C19H22N4O3. The van der Waals surface area contributed by atoms with Crippen LogP contribution in [0.5, 0.6) is 0 Å². The number of fused-ring (bicyclic) bond motifs is 3. The standard InChI is InChI=1S/C19H22N4O3/c1-3-22-10-15(17(25)14-7-4-11(2)21-18(14)22)19(26)23-12-5-6-13(23)9-20-16(24)8-12/h4,7,10,12-13H,3,5-6,8-9H2,1-2H3,(H,20,24)/t12-,13+/m1/s1. The molecule has 0 radical (unpaired) electrons. The molecule has 2 fully saturated rings. The summed E-state index contributed by atoms with van der Waals surface area (Å²) in [6, 6.07) is 3.36. The van der Waals surface area contributed by atoms with Crippen LogP contribution in [0.2, 0.25) is 0 Å². The molecule has 1 N–H and O–H groups in total. The van der Waals surface area contributed by atoms with Gasteiger partial charge in [-0.15, -0.1) is 0 Å². The molecule has 4 rings (SSSR count). The Morgan fingerprint density at radius 2 is 2.04 bits per heavy atom. The highest BCUT2D eigenvalue weighted by molar-refractivity contribution is 5.98. The van der Waals surface area contributed by atoms with Crippen molar-refractivity contribution < 1.29 is 9.59 Å². The van der Waals surface area contributed by atoms with Crippen molar-refractivity contribution in [2.45, 2.75) is 51.7 Å². The number of pyridine rings is 2. The topological polar surface area (TPSA) is 84.3 Å². The quantitative estimate of drug-likeness (QED) is 0.879. The van der Waals surface area contributed by atoms with Crippen molar-refractivity contribution in [1.82, 2.24) is 19.8 Å². The Morgan fingerprint density at radius 1 is 1.27 bits per heavy atom. The smallest absolute Gasteiger partial charge is 0.259 e. The van der Waals surface area contributed by atoms with Crippen molar-refractivity contribution in [2.75, 3.05) is 6.54 Å². The zero-order valence-corrected chi connectivity index (χ0v) is 15.0. The fourth-order valence-corrected chi connectivity index (χ4v) is 4.10. The fourth-order valence-electron chi connectivity index (χ4n) is 4.10. The number of hydrogen-bond acceptors (Lipinski definition) is 4.